The molecule has 1 aromatic heterocycles. The molecule has 1 saturated heterocycles. The average Bonchev–Trinajstić information content (AvgIpc) is 2.90. The molecule has 5 heteroatoms. The van der Waals surface area contributed by atoms with Gasteiger partial charge < -0.3 is 10.6 Å². The maximum absolute atomic E-state index is 11.8. The molecule has 2 N–H and O–H groups in total. The highest BCUT2D eigenvalue weighted by Gasteiger charge is 2.14. The van der Waals surface area contributed by atoms with E-state index in [2.05, 4.69) is 15.7 Å². The van der Waals surface area contributed by atoms with Crippen LogP contribution in [0.2, 0.25) is 0 Å². The maximum atomic E-state index is 11.8. The number of nitrogens with one attached hydrogen (secondary N) is 2. The van der Waals surface area contributed by atoms with E-state index in [0.717, 1.165) is 30.9 Å². The predicted molar refractivity (Wildman–Crippen MR) is 70.4 cm³/mol. The number of rotatable bonds is 5. The summed E-state index contributed by atoms with van der Waals surface area (Å²) >= 11 is 0. The standard InChI is InChI=1S/C13H22N4O/c1-10-8-11(2)17(16-10)9-13(18)15-7-5-12-4-3-6-14-12/h8,12,14H,3-7,9H2,1-2H3,(H,15,18)/t12-/m1/s1. The maximum Gasteiger partial charge on any atom is 0.241 e. The van der Waals surface area contributed by atoms with Crippen molar-refractivity contribution in [2.45, 2.75) is 45.7 Å². The summed E-state index contributed by atoms with van der Waals surface area (Å²) in [7, 11) is 0. The molecule has 0 radical (unpaired) electrons. The fraction of sp³-hybridized carbons (Fsp3) is 0.692. The van der Waals surface area contributed by atoms with Crippen LogP contribution >= 0.6 is 0 Å². The van der Waals surface area contributed by atoms with Gasteiger partial charge in [-0.2, -0.15) is 5.10 Å². The summed E-state index contributed by atoms with van der Waals surface area (Å²) in [5.41, 5.74) is 1.98. The molecule has 2 rings (SSSR count). The Morgan fingerprint density at radius 2 is 2.44 bits per heavy atom. The molecule has 1 atom stereocenters. The predicted octanol–water partition coefficient (Wildman–Crippen LogP) is 0.758. The monoisotopic (exact) mass is 250 g/mol. The first-order valence-electron chi connectivity index (χ1n) is 6.66. The van der Waals surface area contributed by atoms with E-state index in [4.69, 9.17) is 0 Å². The van der Waals surface area contributed by atoms with Crippen LogP contribution in [0.5, 0.6) is 0 Å². The van der Waals surface area contributed by atoms with Gasteiger partial charge in [0.15, 0.2) is 0 Å². The van der Waals surface area contributed by atoms with Crippen LogP contribution in [0.4, 0.5) is 0 Å². The summed E-state index contributed by atoms with van der Waals surface area (Å²) in [5.74, 6) is 0.0409. The van der Waals surface area contributed by atoms with Gasteiger partial charge in [0, 0.05) is 18.3 Å². The van der Waals surface area contributed by atoms with Crippen LogP contribution in [0.1, 0.15) is 30.7 Å². The molecule has 1 aliphatic heterocycles. The van der Waals surface area contributed by atoms with E-state index in [1.807, 2.05) is 19.9 Å². The summed E-state index contributed by atoms with van der Waals surface area (Å²) in [6.45, 7) is 6.08. The van der Waals surface area contributed by atoms with Crippen LogP contribution in [-0.4, -0.2) is 34.8 Å². The second kappa shape index (κ2) is 6.00. The number of amides is 1. The molecule has 0 aromatic carbocycles. The SMILES string of the molecule is Cc1cc(C)n(CC(=O)NCC[C@H]2CCCN2)n1. The second-order valence-electron chi connectivity index (χ2n) is 5.02. The third-order valence-electron chi connectivity index (χ3n) is 3.37. The van der Waals surface area contributed by atoms with Crippen molar-refractivity contribution in [3.63, 3.8) is 0 Å². The highest BCUT2D eigenvalue weighted by molar-refractivity contribution is 5.75. The summed E-state index contributed by atoms with van der Waals surface area (Å²) in [5, 5.41) is 10.7. The van der Waals surface area contributed by atoms with Crippen molar-refractivity contribution in [1.82, 2.24) is 20.4 Å². The lowest BCUT2D eigenvalue weighted by molar-refractivity contribution is -0.121. The number of aromatic nitrogens is 2. The minimum Gasteiger partial charge on any atom is -0.354 e. The third kappa shape index (κ3) is 3.57. The van der Waals surface area contributed by atoms with Crippen molar-refractivity contribution >= 4 is 5.91 Å². The van der Waals surface area contributed by atoms with Crippen molar-refractivity contribution in [2.75, 3.05) is 13.1 Å². The lowest BCUT2D eigenvalue weighted by Crippen LogP contribution is -2.33. The molecule has 0 saturated carbocycles. The Labute approximate surface area is 108 Å². The molecule has 2 heterocycles. The first kappa shape index (κ1) is 13.1. The molecular formula is C13H22N4O. The lowest BCUT2D eigenvalue weighted by atomic mass is 10.1. The Bertz CT molecular complexity index is 407. The first-order chi connectivity index (χ1) is 8.65. The Hall–Kier alpha value is -1.36. The molecule has 5 nitrogen and oxygen atoms in total. The van der Waals surface area contributed by atoms with Crippen molar-refractivity contribution in [2.24, 2.45) is 0 Å². The topological polar surface area (TPSA) is 59.0 Å². The quantitative estimate of drug-likeness (QED) is 0.811. The number of hydrogen-bond donors (Lipinski definition) is 2. The van der Waals surface area contributed by atoms with Gasteiger partial charge in [0.1, 0.15) is 6.54 Å². The number of nitrogens with zero attached hydrogens (tertiary/aromatic N) is 2. The zero-order chi connectivity index (χ0) is 13.0. The van der Waals surface area contributed by atoms with Gasteiger partial charge in [-0.25, -0.2) is 0 Å². The van der Waals surface area contributed by atoms with Gasteiger partial charge in [-0.3, -0.25) is 9.48 Å². The average molecular weight is 250 g/mol. The summed E-state index contributed by atoms with van der Waals surface area (Å²) in [4.78, 5) is 11.8. The fourth-order valence-electron chi connectivity index (χ4n) is 2.42. The van der Waals surface area contributed by atoms with E-state index in [-0.39, 0.29) is 5.91 Å². The normalized spacial score (nSPS) is 19.1. The Morgan fingerprint density at radius 1 is 1.61 bits per heavy atom. The van der Waals surface area contributed by atoms with Gasteiger partial charge in [0.05, 0.1) is 5.69 Å². The second-order valence-corrected chi connectivity index (χ2v) is 5.02. The molecule has 1 aliphatic rings. The van der Waals surface area contributed by atoms with Gasteiger partial charge in [-0.15, -0.1) is 0 Å². The van der Waals surface area contributed by atoms with Gasteiger partial charge in [-0.1, -0.05) is 0 Å². The molecule has 1 aromatic rings. The van der Waals surface area contributed by atoms with E-state index in [0.29, 0.717) is 12.6 Å². The van der Waals surface area contributed by atoms with Gasteiger partial charge in [0.25, 0.3) is 0 Å². The van der Waals surface area contributed by atoms with Crippen molar-refractivity contribution in [3.8, 4) is 0 Å². The molecular weight excluding hydrogens is 228 g/mol. The first-order valence-corrected chi connectivity index (χ1v) is 6.66. The smallest absolute Gasteiger partial charge is 0.241 e. The van der Waals surface area contributed by atoms with E-state index >= 15 is 0 Å². The van der Waals surface area contributed by atoms with Crippen molar-refractivity contribution in [1.29, 1.82) is 0 Å². The van der Waals surface area contributed by atoms with Crippen LogP contribution in [0, 0.1) is 13.8 Å². The highest BCUT2D eigenvalue weighted by atomic mass is 16.2. The van der Waals surface area contributed by atoms with Crippen LogP contribution in [-0.2, 0) is 11.3 Å². The van der Waals surface area contributed by atoms with Gasteiger partial charge in [-0.05, 0) is 45.7 Å². The third-order valence-corrected chi connectivity index (χ3v) is 3.37. The van der Waals surface area contributed by atoms with Gasteiger partial charge in [0.2, 0.25) is 5.91 Å². The molecule has 18 heavy (non-hydrogen) atoms. The zero-order valence-electron chi connectivity index (χ0n) is 11.2. The minimum absolute atomic E-state index is 0.0409. The Balaban J connectivity index is 1.70. The largest absolute Gasteiger partial charge is 0.354 e. The van der Waals surface area contributed by atoms with Crippen LogP contribution < -0.4 is 10.6 Å². The van der Waals surface area contributed by atoms with Crippen LogP contribution in [0.25, 0.3) is 0 Å². The minimum atomic E-state index is 0.0409. The molecule has 0 aliphatic carbocycles. The summed E-state index contributed by atoms with van der Waals surface area (Å²) < 4.78 is 1.75. The molecule has 0 unspecified atom stereocenters. The summed E-state index contributed by atoms with van der Waals surface area (Å²) in [6, 6.07) is 2.56. The molecule has 0 bridgehead atoms. The van der Waals surface area contributed by atoms with Crippen molar-refractivity contribution < 1.29 is 4.79 Å². The molecule has 1 amide bonds. The number of hydrogen-bond acceptors (Lipinski definition) is 3. The van der Waals surface area contributed by atoms with E-state index in [1.165, 1.54) is 12.8 Å². The van der Waals surface area contributed by atoms with E-state index < -0.39 is 0 Å². The van der Waals surface area contributed by atoms with Crippen LogP contribution in [0.3, 0.4) is 0 Å². The number of carbonyl (C=O) groups is 1. The summed E-state index contributed by atoms with van der Waals surface area (Å²) in [6.07, 6.45) is 3.50. The Kier molecular flexibility index (Phi) is 4.36. The van der Waals surface area contributed by atoms with Crippen molar-refractivity contribution in [3.05, 3.63) is 17.5 Å². The van der Waals surface area contributed by atoms with E-state index in [1.54, 1.807) is 4.68 Å². The zero-order valence-corrected chi connectivity index (χ0v) is 11.2. The number of carbonyl (C=O) groups excluding carboxylic acids is 1. The highest BCUT2D eigenvalue weighted by Crippen LogP contribution is 2.07. The molecule has 100 valence electrons. The Morgan fingerprint density at radius 3 is 3.06 bits per heavy atom. The van der Waals surface area contributed by atoms with Crippen LogP contribution in [0.15, 0.2) is 6.07 Å². The molecule has 1 fully saturated rings. The lowest BCUT2D eigenvalue weighted by Gasteiger charge is -2.11. The van der Waals surface area contributed by atoms with E-state index in [9.17, 15) is 4.79 Å². The van der Waals surface area contributed by atoms with Gasteiger partial charge >= 0.3 is 0 Å². The molecule has 0 spiro atoms. The number of aryl methyl sites for hydroxylation is 2. The fourth-order valence-corrected chi connectivity index (χ4v) is 2.42.